The average Bonchev–Trinajstić information content (AvgIpc) is 2.73. The van der Waals surface area contributed by atoms with Crippen LogP contribution in [0.3, 0.4) is 0 Å². The maximum atomic E-state index is 12.6. The van der Waals surface area contributed by atoms with E-state index in [1.807, 2.05) is 13.8 Å². The number of nitroso groups, excluding NO2 is 1. The van der Waals surface area contributed by atoms with Crippen molar-refractivity contribution in [2.45, 2.75) is 26.7 Å². The number of rotatable bonds is 5. The van der Waals surface area contributed by atoms with E-state index in [1.165, 1.54) is 17.3 Å². The van der Waals surface area contributed by atoms with Gasteiger partial charge < -0.3 is 26.3 Å². The summed E-state index contributed by atoms with van der Waals surface area (Å²) in [5, 5.41) is 10.8. The van der Waals surface area contributed by atoms with E-state index in [4.69, 9.17) is 21.1 Å². The molecule has 0 aromatic carbocycles. The fraction of sp³-hybridized carbons (Fsp3) is 0.400. The largest absolute Gasteiger partial charge is 0.577 e. The number of aromatic hydroxyl groups is 1. The minimum atomic E-state index is -0.286. The van der Waals surface area contributed by atoms with Crippen molar-refractivity contribution >= 4 is 23.5 Å². The molecule has 1 amide bonds. The van der Waals surface area contributed by atoms with Crippen LogP contribution in [0, 0.1) is 4.91 Å². The molecule has 2 N–H and O–H groups in total. The molecule has 0 saturated carbocycles. The Kier molecular flexibility index (Phi) is 14.1. The Morgan fingerprint density at radius 3 is 2.65 bits per heavy atom. The monoisotopic (exact) mass is 623 g/mol. The standard InChI is InChI=1S/C15H20N4O3.NO.Pd.W/c1-3-5-19(22-4-2)15(21)10-6-12-13(18-14(16)7-10)8-11(20)9-17-12;1-2;;/h6,8-9H,3-5,7H2,1-2H3,(H3,16,18,20,21);;;/q;-1;;/p-1. The summed E-state index contributed by atoms with van der Waals surface area (Å²) >= 11 is 0. The molecule has 9 nitrogen and oxygen atoms in total. The van der Waals surface area contributed by atoms with Crippen LogP contribution in [0.2, 0.25) is 0 Å². The van der Waals surface area contributed by atoms with Crippen LogP contribution in [0.15, 0.2) is 22.8 Å². The van der Waals surface area contributed by atoms with E-state index in [1.54, 1.807) is 6.08 Å². The molecule has 1 aromatic heterocycles. The summed E-state index contributed by atoms with van der Waals surface area (Å²) < 4.78 is 0. The first kappa shape index (κ1) is 26.8. The van der Waals surface area contributed by atoms with Gasteiger partial charge in [-0.1, -0.05) is 12.8 Å². The summed E-state index contributed by atoms with van der Waals surface area (Å²) in [5.41, 5.74) is 14.9. The number of aromatic nitrogens is 1. The van der Waals surface area contributed by atoms with E-state index >= 15 is 0 Å². The average molecular weight is 624 g/mol. The van der Waals surface area contributed by atoms with Gasteiger partial charge in [-0.3, -0.25) is 14.6 Å². The summed E-state index contributed by atoms with van der Waals surface area (Å²) in [4.78, 5) is 33.3. The number of hydroxylamine groups is 2. The van der Waals surface area contributed by atoms with E-state index in [-0.39, 0.29) is 65.4 Å². The smallest absolute Gasteiger partial charge is 0.273 e. The Bertz CT molecular complexity index is 651. The molecule has 1 aliphatic rings. The van der Waals surface area contributed by atoms with Gasteiger partial charge in [-0.05, 0) is 37.6 Å². The molecule has 1 aliphatic heterocycles. The Labute approximate surface area is 179 Å². The molecule has 0 unspecified atom stereocenters. The molecule has 0 fully saturated rings. The second-order valence-corrected chi connectivity index (χ2v) is 4.83. The third-order valence-electron chi connectivity index (χ3n) is 3.02. The maximum absolute atomic E-state index is 12.6. The van der Waals surface area contributed by atoms with Crippen molar-refractivity contribution in [2.75, 3.05) is 13.2 Å². The Morgan fingerprint density at radius 1 is 1.42 bits per heavy atom. The SMILES string of the molecule is CCCN(OCC)C(=O)C1=Cc2ncc(O)cc2N=C([NH-])C1.[N-]=O.[Pd].[W]. The van der Waals surface area contributed by atoms with Crippen LogP contribution in [-0.2, 0) is 51.1 Å². The fourth-order valence-corrected chi connectivity index (χ4v) is 2.12. The number of hydrogen-bond acceptors (Lipinski definition) is 6. The second kappa shape index (κ2) is 13.7. The molecular formula is C15H19N5O4PdW-2. The number of hydrogen-bond donors (Lipinski definition) is 1. The molecule has 0 spiro atoms. The van der Waals surface area contributed by atoms with E-state index in [9.17, 15) is 9.90 Å². The first-order valence-corrected chi connectivity index (χ1v) is 7.37. The topological polar surface area (TPSA) is 138 Å². The summed E-state index contributed by atoms with van der Waals surface area (Å²) in [5.74, 6) is -0.273. The number of fused-ring (bicyclic) bond motifs is 1. The van der Waals surface area contributed by atoms with Gasteiger partial charge in [0.05, 0.1) is 18.5 Å². The molecule has 11 heteroatoms. The zero-order valence-electron chi connectivity index (χ0n) is 14.2. The first-order valence-electron chi connectivity index (χ1n) is 7.37. The molecule has 2 heterocycles. The predicted octanol–water partition coefficient (Wildman–Crippen LogP) is 3.16. The first-order chi connectivity index (χ1) is 11.5. The number of amidine groups is 1. The van der Waals surface area contributed by atoms with Gasteiger partial charge in [0.2, 0.25) is 0 Å². The molecule has 0 aliphatic carbocycles. The van der Waals surface area contributed by atoms with Crippen molar-refractivity contribution in [3.63, 3.8) is 0 Å². The number of nitrogens with one attached hydrogen (secondary N) is 1. The summed E-state index contributed by atoms with van der Waals surface area (Å²) in [6.45, 7) is 4.64. The molecule has 146 valence electrons. The molecule has 0 bridgehead atoms. The normalized spacial score (nSPS) is 11.8. The molecule has 0 radical (unpaired) electrons. The van der Waals surface area contributed by atoms with Crippen LogP contribution in [0.1, 0.15) is 32.4 Å². The van der Waals surface area contributed by atoms with Gasteiger partial charge in [-0.15, -0.1) is 0 Å². The van der Waals surface area contributed by atoms with Crippen LogP contribution in [-0.4, -0.2) is 40.0 Å². The van der Waals surface area contributed by atoms with E-state index in [2.05, 4.69) is 9.98 Å². The number of carbonyl (C=O) groups is 1. The number of amides is 1. The van der Waals surface area contributed by atoms with Crippen molar-refractivity contribution in [2.24, 2.45) is 4.99 Å². The van der Waals surface area contributed by atoms with Crippen LogP contribution in [0.4, 0.5) is 5.69 Å². The van der Waals surface area contributed by atoms with E-state index in [0.29, 0.717) is 30.1 Å². The molecule has 0 atom stereocenters. The van der Waals surface area contributed by atoms with Crippen LogP contribution >= 0.6 is 0 Å². The molecule has 26 heavy (non-hydrogen) atoms. The van der Waals surface area contributed by atoms with Gasteiger partial charge in [0.25, 0.3) is 5.91 Å². The summed E-state index contributed by atoms with van der Waals surface area (Å²) in [6, 6.07) is 1.42. The molecule has 0 saturated heterocycles. The number of carbonyl (C=O) groups excluding carboxylic acids is 1. The van der Waals surface area contributed by atoms with Crippen molar-refractivity contribution in [3.8, 4) is 5.75 Å². The van der Waals surface area contributed by atoms with Crippen LogP contribution < -0.4 is 0 Å². The van der Waals surface area contributed by atoms with Crippen LogP contribution in [0.25, 0.3) is 17.4 Å². The van der Waals surface area contributed by atoms with E-state index in [0.717, 1.165) is 6.42 Å². The fourth-order valence-electron chi connectivity index (χ4n) is 2.12. The zero-order valence-corrected chi connectivity index (χ0v) is 18.7. The minimum absolute atomic E-state index is 0. The molecular weight excluding hydrogens is 604 g/mol. The van der Waals surface area contributed by atoms with Gasteiger partial charge in [0, 0.05) is 53.6 Å². The predicted molar refractivity (Wildman–Crippen MR) is 90.3 cm³/mol. The molecule has 1 aromatic rings. The van der Waals surface area contributed by atoms with Gasteiger partial charge in [-0.2, -0.15) is 0 Å². The Balaban J connectivity index is 0. The number of aliphatic imine (C=N–C) groups is 1. The van der Waals surface area contributed by atoms with Crippen molar-refractivity contribution in [1.82, 2.24) is 10.0 Å². The van der Waals surface area contributed by atoms with Gasteiger partial charge in [0.1, 0.15) is 5.75 Å². The summed E-state index contributed by atoms with van der Waals surface area (Å²) in [7, 11) is 0. The maximum Gasteiger partial charge on any atom is 0.273 e. The van der Waals surface area contributed by atoms with Gasteiger partial charge in [-0.25, -0.2) is 5.06 Å². The Hall–Kier alpha value is -1.46. The molecule has 2 rings (SSSR count). The van der Waals surface area contributed by atoms with E-state index < -0.39 is 0 Å². The summed E-state index contributed by atoms with van der Waals surface area (Å²) in [6.07, 6.45) is 3.75. The van der Waals surface area contributed by atoms with Crippen LogP contribution in [0.5, 0.6) is 5.75 Å². The minimum Gasteiger partial charge on any atom is -0.577 e. The van der Waals surface area contributed by atoms with Crippen molar-refractivity contribution in [3.05, 3.63) is 39.8 Å². The third kappa shape index (κ3) is 7.42. The van der Waals surface area contributed by atoms with Crippen molar-refractivity contribution < 1.29 is 56.2 Å². The second-order valence-electron chi connectivity index (χ2n) is 4.83. The van der Waals surface area contributed by atoms with Gasteiger partial charge >= 0.3 is 0 Å². The van der Waals surface area contributed by atoms with Gasteiger partial charge in [0.15, 0.2) is 0 Å². The Morgan fingerprint density at radius 2 is 2.08 bits per heavy atom. The zero-order chi connectivity index (χ0) is 18.1. The van der Waals surface area contributed by atoms with Crippen molar-refractivity contribution in [1.29, 1.82) is 0 Å². The third-order valence-corrected chi connectivity index (χ3v) is 3.02. The quantitative estimate of drug-likeness (QED) is 0.397. The number of nitrogens with zero attached hydrogens (tertiary/aromatic N) is 4. The number of pyridine rings is 1.